The van der Waals surface area contributed by atoms with Crippen LogP contribution in [0.3, 0.4) is 0 Å². The smallest absolute Gasteiger partial charge is 0.0906 e. The lowest BCUT2D eigenvalue weighted by Crippen LogP contribution is -2.50. The molecule has 2 N–H and O–H groups in total. The predicted molar refractivity (Wildman–Crippen MR) is 90.8 cm³/mol. The fourth-order valence-corrected chi connectivity index (χ4v) is 2.60. The van der Waals surface area contributed by atoms with Gasteiger partial charge >= 0.3 is 0 Å². The molecule has 0 radical (unpaired) electrons. The van der Waals surface area contributed by atoms with Gasteiger partial charge in [-0.1, -0.05) is 60.7 Å². The van der Waals surface area contributed by atoms with E-state index in [-0.39, 0.29) is 0 Å². The Bertz CT molecular complexity index is 505. The first-order valence-corrected chi connectivity index (χ1v) is 7.93. The van der Waals surface area contributed by atoms with Crippen molar-refractivity contribution in [3.8, 4) is 0 Å². The summed E-state index contributed by atoms with van der Waals surface area (Å²) in [4.78, 5) is 0. The van der Waals surface area contributed by atoms with Gasteiger partial charge in [0.05, 0.1) is 11.2 Å². The number of hydrogen-bond acceptors (Lipinski definition) is 2. The molecule has 2 aromatic rings. The molecular weight excluding hydrogens is 272 g/mol. The molecule has 0 aliphatic heterocycles. The van der Waals surface area contributed by atoms with Gasteiger partial charge in [0, 0.05) is 0 Å². The molecule has 22 heavy (non-hydrogen) atoms. The Hall–Kier alpha value is -1.64. The Labute approximate surface area is 133 Å². The van der Waals surface area contributed by atoms with Gasteiger partial charge in [-0.15, -0.1) is 0 Å². The van der Waals surface area contributed by atoms with Crippen LogP contribution in [0.25, 0.3) is 0 Å². The van der Waals surface area contributed by atoms with Gasteiger partial charge < -0.3 is 10.2 Å². The topological polar surface area (TPSA) is 40.5 Å². The number of rotatable bonds is 7. The summed E-state index contributed by atoms with van der Waals surface area (Å²) < 4.78 is 0. The molecule has 2 nitrogen and oxygen atoms in total. The molecule has 0 aromatic heterocycles. The zero-order chi connectivity index (χ0) is 16.1. The standard InChI is InChI=1S/C20H26O2/c1-19(21,15-13-17-9-5-3-6-10-17)20(2,22)16-14-18-11-7-4-8-12-18/h3-12,21-22H,13-16H2,1-2H3/t19-,20+. The summed E-state index contributed by atoms with van der Waals surface area (Å²) in [7, 11) is 0. The van der Waals surface area contributed by atoms with Crippen LogP contribution in [0.4, 0.5) is 0 Å². The minimum absolute atomic E-state index is 0.540. The summed E-state index contributed by atoms with van der Waals surface area (Å²) in [6.45, 7) is 3.47. The molecule has 0 aliphatic carbocycles. The van der Waals surface area contributed by atoms with Crippen molar-refractivity contribution in [2.75, 3.05) is 0 Å². The first kappa shape index (κ1) is 16.7. The van der Waals surface area contributed by atoms with Crippen molar-refractivity contribution < 1.29 is 10.2 Å². The number of benzene rings is 2. The first-order chi connectivity index (χ1) is 10.4. The maximum absolute atomic E-state index is 10.7. The molecule has 0 aliphatic rings. The Morgan fingerprint density at radius 2 is 0.955 bits per heavy atom. The van der Waals surface area contributed by atoms with Gasteiger partial charge in [-0.3, -0.25) is 0 Å². The first-order valence-electron chi connectivity index (χ1n) is 7.93. The summed E-state index contributed by atoms with van der Waals surface area (Å²) in [6, 6.07) is 20.2. The molecule has 0 bridgehead atoms. The van der Waals surface area contributed by atoms with Crippen LogP contribution in [-0.4, -0.2) is 21.4 Å². The average molecular weight is 298 g/mol. The van der Waals surface area contributed by atoms with Gasteiger partial charge in [0.25, 0.3) is 0 Å². The average Bonchev–Trinajstić information content (AvgIpc) is 2.53. The van der Waals surface area contributed by atoms with E-state index in [9.17, 15) is 10.2 Å². The summed E-state index contributed by atoms with van der Waals surface area (Å²) in [6.07, 6.45) is 2.60. The quantitative estimate of drug-likeness (QED) is 0.817. The second kappa shape index (κ2) is 7.08. The van der Waals surface area contributed by atoms with Gasteiger partial charge in [-0.05, 0) is 50.7 Å². The molecule has 2 heteroatoms. The normalized spacial score (nSPS) is 16.7. The van der Waals surface area contributed by atoms with Gasteiger partial charge in [-0.2, -0.15) is 0 Å². The molecule has 0 unspecified atom stereocenters. The van der Waals surface area contributed by atoms with Crippen LogP contribution in [0.2, 0.25) is 0 Å². The molecule has 0 amide bonds. The third kappa shape index (κ3) is 4.43. The number of hydrogen-bond donors (Lipinski definition) is 2. The summed E-state index contributed by atoms with van der Waals surface area (Å²) in [5.41, 5.74) is 0.137. The monoisotopic (exact) mass is 298 g/mol. The minimum atomic E-state index is -1.11. The lowest BCUT2D eigenvalue weighted by molar-refractivity contribution is -0.138. The maximum Gasteiger partial charge on any atom is 0.0906 e. The molecule has 2 atom stereocenters. The Morgan fingerprint density at radius 3 is 1.27 bits per heavy atom. The molecule has 0 heterocycles. The largest absolute Gasteiger partial charge is 0.387 e. The molecule has 0 fully saturated rings. The highest BCUT2D eigenvalue weighted by Crippen LogP contribution is 2.31. The highest BCUT2D eigenvalue weighted by molar-refractivity contribution is 5.17. The van der Waals surface area contributed by atoms with Gasteiger partial charge in [0.15, 0.2) is 0 Å². The van der Waals surface area contributed by atoms with Gasteiger partial charge in [-0.25, -0.2) is 0 Å². The van der Waals surface area contributed by atoms with Crippen molar-refractivity contribution in [2.24, 2.45) is 0 Å². The van der Waals surface area contributed by atoms with E-state index in [1.807, 2.05) is 36.4 Å². The molecule has 2 aromatic carbocycles. The summed E-state index contributed by atoms with van der Waals surface area (Å²) >= 11 is 0. The summed E-state index contributed by atoms with van der Waals surface area (Å²) in [5.74, 6) is 0. The molecule has 0 spiro atoms. The van der Waals surface area contributed by atoms with Crippen molar-refractivity contribution in [1.82, 2.24) is 0 Å². The Balaban J connectivity index is 1.93. The van der Waals surface area contributed by atoms with Crippen LogP contribution < -0.4 is 0 Å². The number of aryl methyl sites for hydroxylation is 2. The van der Waals surface area contributed by atoms with Gasteiger partial charge in [0.1, 0.15) is 0 Å². The fraction of sp³-hybridized carbons (Fsp3) is 0.400. The zero-order valence-electron chi connectivity index (χ0n) is 13.5. The van der Waals surface area contributed by atoms with Crippen molar-refractivity contribution in [3.05, 3.63) is 71.8 Å². The van der Waals surface area contributed by atoms with E-state index in [4.69, 9.17) is 0 Å². The van der Waals surface area contributed by atoms with E-state index in [1.54, 1.807) is 13.8 Å². The molecule has 2 rings (SSSR count). The zero-order valence-corrected chi connectivity index (χ0v) is 13.5. The van der Waals surface area contributed by atoms with Crippen molar-refractivity contribution in [1.29, 1.82) is 0 Å². The van der Waals surface area contributed by atoms with Crippen LogP contribution >= 0.6 is 0 Å². The third-order valence-corrected chi connectivity index (χ3v) is 4.65. The molecular formula is C20H26O2. The lowest BCUT2D eigenvalue weighted by Gasteiger charge is -2.39. The van der Waals surface area contributed by atoms with E-state index < -0.39 is 11.2 Å². The SMILES string of the molecule is C[C@](O)(CCc1ccccc1)[C@](C)(O)CCc1ccccc1. The molecule has 0 saturated heterocycles. The Morgan fingerprint density at radius 1 is 0.636 bits per heavy atom. The van der Waals surface area contributed by atoms with Crippen LogP contribution in [0.5, 0.6) is 0 Å². The van der Waals surface area contributed by atoms with Crippen molar-refractivity contribution in [2.45, 2.75) is 50.7 Å². The van der Waals surface area contributed by atoms with Crippen LogP contribution in [0, 0.1) is 0 Å². The third-order valence-electron chi connectivity index (χ3n) is 4.65. The van der Waals surface area contributed by atoms with E-state index in [1.165, 1.54) is 11.1 Å². The predicted octanol–water partition coefficient (Wildman–Crippen LogP) is 3.75. The minimum Gasteiger partial charge on any atom is -0.387 e. The second-order valence-corrected chi connectivity index (χ2v) is 6.52. The van der Waals surface area contributed by atoms with Crippen LogP contribution in [-0.2, 0) is 12.8 Å². The fourth-order valence-electron chi connectivity index (χ4n) is 2.60. The van der Waals surface area contributed by atoms with Crippen molar-refractivity contribution >= 4 is 0 Å². The lowest BCUT2D eigenvalue weighted by atomic mass is 9.78. The molecule has 118 valence electrons. The van der Waals surface area contributed by atoms with E-state index in [0.717, 1.165) is 12.8 Å². The van der Waals surface area contributed by atoms with E-state index in [2.05, 4.69) is 24.3 Å². The summed E-state index contributed by atoms with van der Waals surface area (Å²) in [5, 5.41) is 21.5. The molecule has 0 saturated carbocycles. The van der Waals surface area contributed by atoms with Crippen LogP contribution in [0.15, 0.2) is 60.7 Å². The Kier molecular flexibility index (Phi) is 5.38. The van der Waals surface area contributed by atoms with Crippen molar-refractivity contribution in [3.63, 3.8) is 0 Å². The van der Waals surface area contributed by atoms with E-state index >= 15 is 0 Å². The maximum atomic E-state index is 10.7. The number of aliphatic hydroxyl groups is 2. The van der Waals surface area contributed by atoms with Gasteiger partial charge in [0.2, 0.25) is 0 Å². The highest BCUT2D eigenvalue weighted by Gasteiger charge is 2.40. The highest BCUT2D eigenvalue weighted by atomic mass is 16.4. The van der Waals surface area contributed by atoms with E-state index in [0.29, 0.717) is 12.8 Å². The van der Waals surface area contributed by atoms with Crippen LogP contribution in [0.1, 0.15) is 37.8 Å². The second-order valence-electron chi connectivity index (χ2n) is 6.52.